The highest BCUT2D eigenvalue weighted by atomic mass is 32.2. The number of carbonyl (C=O) groups excluding carboxylic acids is 3. The van der Waals surface area contributed by atoms with Crippen LogP contribution in [0.5, 0.6) is 5.75 Å². The molecule has 0 aromatic heterocycles. The summed E-state index contributed by atoms with van der Waals surface area (Å²) in [7, 11) is 1.21. The number of ether oxygens (including phenoxy) is 2. The van der Waals surface area contributed by atoms with Crippen LogP contribution in [0, 0.1) is 0 Å². The zero-order valence-corrected chi connectivity index (χ0v) is 19.2. The summed E-state index contributed by atoms with van der Waals surface area (Å²) in [6.07, 6.45) is 1.63. The number of hydrogen-bond acceptors (Lipinski definition) is 7. The number of benzene rings is 2. The summed E-state index contributed by atoms with van der Waals surface area (Å²) in [6, 6.07) is 15.6. The Balaban J connectivity index is 1.91. The number of nitrogens with zero attached hydrogens (tertiary/aromatic N) is 2. The summed E-state index contributed by atoms with van der Waals surface area (Å²) in [5, 5.41) is -0.502. The van der Waals surface area contributed by atoms with E-state index in [1.54, 1.807) is 6.08 Å². The average molecular weight is 455 g/mol. The van der Waals surface area contributed by atoms with E-state index in [2.05, 4.69) is 23.5 Å². The summed E-state index contributed by atoms with van der Waals surface area (Å²) in [6.45, 7) is 5.82. The van der Waals surface area contributed by atoms with Crippen molar-refractivity contribution < 1.29 is 23.9 Å². The van der Waals surface area contributed by atoms with Crippen molar-refractivity contribution in [1.82, 2.24) is 4.90 Å². The first-order chi connectivity index (χ1) is 15.5. The molecule has 1 aliphatic heterocycles. The lowest BCUT2D eigenvalue weighted by atomic mass is 10.1. The third-order valence-corrected chi connectivity index (χ3v) is 5.95. The highest BCUT2D eigenvalue weighted by molar-refractivity contribution is 8.18. The van der Waals surface area contributed by atoms with Crippen molar-refractivity contribution in [3.8, 4) is 5.75 Å². The number of methoxy groups -OCH3 is 1. The summed E-state index contributed by atoms with van der Waals surface area (Å²) >= 11 is 0.797. The SMILES string of the molecule is CCN(CC)c1ccc(/C=C2\SC(=O)N(CC(=O)OC)C2=O)c(OCc2ccccc2)c1. The lowest BCUT2D eigenvalue weighted by molar-refractivity contribution is -0.143. The number of amides is 2. The number of carbonyl (C=O) groups is 3. The van der Waals surface area contributed by atoms with Crippen LogP contribution in [0.4, 0.5) is 10.5 Å². The normalized spacial score (nSPS) is 14.7. The van der Waals surface area contributed by atoms with Gasteiger partial charge in [0, 0.05) is 30.4 Å². The molecule has 0 unspecified atom stereocenters. The van der Waals surface area contributed by atoms with E-state index in [0.29, 0.717) is 17.9 Å². The second-order valence-corrected chi connectivity index (χ2v) is 8.01. The molecule has 2 aromatic rings. The molecule has 0 aliphatic carbocycles. The molecule has 0 bridgehead atoms. The molecule has 8 heteroatoms. The second-order valence-electron chi connectivity index (χ2n) is 7.01. The Morgan fingerprint density at radius 1 is 1.09 bits per heavy atom. The standard InChI is InChI=1S/C24H26N2O5S/c1-4-25(5-2)19-12-11-18(20(14-19)31-16-17-9-7-6-8-10-17)13-21-23(28)26(24(29)32-21)15-22(27)30-3/h6-14H,4-5,15-16H2,1-3H3/b21-13-. The van der Waals surface area contributed by atoms with E-state index in [0.717, 1.165) is 41.0 Å². The fourth-order valence-corrected chi connectivity index (χ4v) is 4.09. The molecule has 2 amide bonds. The number of esters is 1. The Morgan fingerprint density at radius 2 is 1.81 bits per heavy atom. The molecule has 168 valence electrons. The van der Waals surface area contributed by atoms with Gasteiger partial charge in [-0.1, -0.05) is 30.3 Å². The molecule has 1 aliphatic rings. The van der Waals surface area contributed by atoms with Crippen LogP contribution in [0.1, 0.15) is 25.0 Å². The van der Waals surface area contributed by atoms with Crippen LogP contribution in [0.15, 0.2) is 53.4 Å². The number of anilines is 1. The Labute approximate surface area is 192 Å². The van der Waals surface area contributed by atoms with Crippen molar-refractivity contribution in [3.05, 3.63) is 64.6 Å². The highest BCUT2D eigenvalue weighted by Crippen LogP contribution is 2.35. The molecule has 2 aromatic carbocycles. The van der Waals surface area contributed by atoms with Crippen LogP contribution in [-0.4, -0.2) is 48.8 Å². The first kappa shape index (κ1) is 23.4. The van der Waals surface area contributed by atoms with Crippen molar-refractivity contribution >= 4 is 40.6 Å². The van der Waals surface area contributed by atoms with Crippen molar-refractivity contribution in [2.45, 2.75) is 20.5 Å². The first-order valence-corrected chi connectivity index (χ1v) is 11.2. The van der Waals surface area contributed by atoms with Crippen molar-refractivity contribution in [1.29, 1.82) is 0 Å². The van der Waals surface area contributed by atoms with Gasteiger partial charge in [-0.2, -0.15) is 0 Å². The summed E-state index contributed by atoms with van der Waals surface area (Å²) in [5.74, 6) is -0.561. The quantitative estimate of drug-likeness (QED) is 0.412. The van der Waals surface area contributed by atoms with Gasteiger partial charge < -0.3 is 14.4 Å². The molecule has 0 spiro atoms. The summed E-state index contributed by atoms with van der Waals surface area (Å²) in [5.41, 5.74) is 2.71. The fourth-order valence-electron chi connectivity index (χ4n) is 3.26. The maximum absolute atomic E-state index is 12.7. The predicted octanol–water partition coefficient (Wildman–Crippen LogP) is 4.32. The minimum Gasteiger partial charge on any atom is -0.488 e. The van der Waals surface area contributed by atoms with Gasteiger partial charge in [0.15, 0.2) is 0 Å². The van der Waals surface area contributed by atoms with Crippen LogP contribution in [0.2, 0.25) is 0 Å². The van der Waals surface area contributed by atoms with E-state index >= 15 is 0 Å². The van der Waals surface area contributed by atoms with E-state index in [1.165, 1.54) is 7.11 Å². The number of rotatable bonds is 9. The summed E-state index contributed by atoms with van der Waals surface area (Å²) < 4.78 is 10.7. The van der Waals surface area contributed by atoms with Crippen LogP contribution in [0.25, 0.3) is 6.08 Å². The molecule has 1 heterocycles. The average Bonchev–Trinajstić information content (AvgIpc) is 3.07. The fraction of sp³-hybridized carbons (Fsp3) is 0.292. The molecule has 32 heavy (non-hydrogen) atoms. The second kappa shape index (κ2) is 10.9. The third kappa shape index (κ3) is 5.50. The van der Waals surface area contributed by atoms with Crippen LogP contribution in [-0.2, 0) is 20.9 Å². The molecular formula is C24H26N2O5S. The molecule has 0 N–H and O–H groups in total. The van der Waals surface area contributed by atoms with Crippen LogP contribution >= 0.6 is 11.8 Å². The number of thioether (sulfide) groups is 1. The Kier molecular flexibility index (Phi) is 7.94. The Bertz CT molecular complexity index is 1020. The summed E-state index contributed by atoms with van der Waals surface area (Å²) in [4.78, 5) is 39.8. The van der Waals surface area contributed by atoms with Gasteiger partial charge >= 0.3 is 5.97 Å². The van der Waals surface area contributed by atoms with Crippen molar-refractivity contribution in [2.24, 2.45) is 0 Å². The molecule has 1 saturated heterocycles. The van der Waals surface area contributed by atoms with Gasteiger partial charge in [-0.25, -0.2) is 0 Å². The third-order valence-electron chi connectivity index (χ3n) is 5.04. The Hall–Kier alpha value is -3.26. The molecule has 0 radical (unpaired) electrons. The lowest BCUT2D eigenvalue weighted by Crippen LogP contribution is -2.34. The molecule has 3 rings (SSSR count). The van der Waals surface area contributed by atoms with Gasteiger partial charge in [0.05, 0.1) is 12.0 Å². The Morgan fingerprint density at radius 3 is 2.47 bits per heavy atom. The van der Waals surface area contributed by atoms with E-state index < -0.39 is 23.7 Å². The van der Waals surface area contributed by atoms with E-state index in [-0.39, 0.29) is 4.91 Å². The maximum Gasteiger partial charge on any atom is 0.325 e. The molecule has 7 nitrogen and oxygen atoms in total. The van der Waals surface area contributed by atoms with Gasteiger partial charge in [0.1, 0.15) is 18.9 Å². The van der Waals surface area contributed by atoms with Gasteiger partial charge in [0.25, 0.3) is 11.1 Å². The molecule has 1 fully saturated rings. The monoisotopic (exact) mass is 454 g/mol. The highest BCUT2D eigenvalue weighted by Gasteiger charge is 2.36. The van der Waals surface area contributed by atoms with Crippen LogP contribution in [0.3, 0.4) is 0 Å². The zero-order valence-electron chi connectivity index (χ0n) is 18.4. The minimum absolute atomic E-state index is 0.235. The van der Waals surface area contributed by atoms with Gasteiger partial charge in [-0.3, -0.25) is 19.3 Å². The van der Waals surface area contributed by atoms with Gasteiger partial charge in [0.2, 0.25) is 0 Å². The van der Waals surface area contributed by atoms with E-state index in [4.69, 9.17) is 4.74 Å². The largest absolute Gasteiger partial charge is 0.488 e. The molecular weight excluding hydrogens is 428 g/mol. The zero-order chi connectivity index (χ0) is 23.1. The van der Waals surface area contributed by atoms with E-state index in [1.807, 2.05) is 48.5 Å². The molecule has 0 atom stereocenters. The van der Waals surface area contributed by atoms with Crippen LogP contribution < -0.4 is 9.64 Å². The van der Waals surface area contributed by atoms with E-state index in [9.17, 15) is 14.4 Å². The maximum atomic E-state index is 12.7. The topological polar surface area (TPSA) is 76.2 Å². The smallest absolute Gasteiger partial charge is 0.325 e. The minimum atomic E-state index is -0.649. The number of hydrogen-bond donors (Lipinski definition) is 0. The predicted molar refractivity (Wildman–Crippen MR) is 125 cm³/mol. The van der Waals surface area contributed by atoms with Crippen molar-refractivity contribution in [3.63, 3.8) is 0 Å². The number of imide groups is 1. The van der Waals surface area contributed by atoms with Gasteiger partial charge in [-0.05, 0) is 49.4 Å². The lowest BCUT2D eigenvalue weighted by Gasteiger charge is -2.22. The first-order valence-electron chi connectivity index (χ1n) is 10.3. The van der Waals surface area contributed by atoms with Gasteiger partial charge in [-0.15, -0.1) is 0 Å². The van der Waals surface area contributed by atoms with Crippen molar-refractivity contribution in [2.75, 3.05) is 31.6 Å². The molecule has 0 saturated carbocycles.